The van der Waals surface area contributed by atoms with E-state index in [1.807, 2.05) is 29.2 Å². The average Bonchev–Trinajstić information content (AvgIpc) is 2.74. The van der Waals surface area contributed by atoms with E-state index < -0.39 is 0 Å². The zero-order valence-corrected chi connectivity index (χ0v) is 16.5. The first kappa shape index (κ1) is 18.7. The molecule has 0 atom stereocenters. The maximum atomic E-state index is 12.8. The SMILES string of the molecule is CC(=O)c1ccc(N2CC[NH+](CC(=O)N3CCc4ccccc4C3)CC2)cc1. The van der Waals surface area contributed by atoms with Gasteiger partial charge in [0.15, 0.2) is 12.3 Å². The summed E-state index contributed by atoms with van der Waals surface area (Å²) in [5.74, 6) is 0.364. The molecule has 146 valence electrons. The zero-order valence-electron chi connectivity index (χ0n) is 16.5. The molecular weight excluding hydrogens is 350 g/mol. The lowest BCUT2D eigenvalue weighted by Gasteiger charge is -2.35. The van der Waals surface area contributed by atoms with Crippen LogP contribution >= 0.6 is 0 Å². The van der Waals surface area contributed by atoms with Crippen molar-refractivity contribution in [2.45, 2.75) is 19.9 Å². The number of fused-ring (bicyclic) bond motifs is 1. The number of nitrogens with one attached hydrogen (secondary N) is 1. The Morgan fingerprint density at radius 2 is 1.61 bits per heavy atom. The predicted molar refractivity (Wildman–Crippen MR) is 110 cm³/mol. The quantitative estimate of drug-likeness (QED) is 0.813. The largest absolute Gasteiger partial charge is 0.360 e. The first-order chi connectivity index (χ1) is 13.6. The summed E-state index contributed by atoms with van der Waals surface area (Å²) in [4.78, 5) is 29.9. The third kappa shape index (κ3) is 4.09. The molecule has 2 aromatic carbocycles. The van der Waals surface area contributed by atoms with Gasteiger partial charge in [0.1, 0.15) is 0 Å². The Balaban J connectivity index is 1.28. The maximum Gasteiger partial charge on any atom is 0.278 e. The third-order valence-electron chi connectivity index (χ3n) is 5.99. The Morgan fingerprint density at radius 1 is 0.929 bits per heavy atom. The van der Waals surface area contributed by atoms with Crippen LogP contribution in [-0.2, 0) is 17.8 Å². The van der Waals surface area contributed by atoms with Gasteiger partial charge in [-0.1, -0.05) is 24.3 Å². The molecule has 0 aliphatic carbocycles. The van der Waals surface area contributed by atoms with E-state index in [9.17, 15) is 9.59 Å². The molecule has 2 aliphatic rings. The summed E-state index contributed by atoms with van der Waals surface area (Å²) < 4.78 is 0. The molecular formula is C23H28N3O2+. The molecule has 4 rings (SSSR count). The lowest BCUT2D eigenvalue weighted by atomic mass is 10.00. The molecule has 0 bridgehead atoms. The summed E-state index contributed by atoms with van der Waals surface area (Å²) in [7, 11) is 0. The average molecular weight is 378 g/mol. The highest BCUT2D eigenvalue weighted by molar-refractivity contribution is 5.94. The fourth-order valence-corrected chi connectivity index (χ4v) is 4.20. The molecule has 1 amide bonds. The molecule has 28 heavy (non-hydrogen) atoms. The summed E-state index contributed by atoms with van der Waals surface area (Å²) in [5.41, 5.74) is 4.57. The van der Waals surface area contributed by atoms with Crippen LogP contribution in [0.4, 0.5) is 5.69 Å². The number of ketones is 1. The van der Waals surface area contributed by atoms with Crippen LogP contribution in [0.1, 0.15) is 28.4 Å². The number of nitrogens with zero attached hydrogens (tertiary/aromatic N) is 2. The minimum atomic E-state index is 0.0969. The maximum absolute atomic E-state index is 12.8. The number of hydrogen-bond donors (Lipinski definition) is 1. The molecule has 5 heteroatoms. The van der Waals surface area contributed by atoms with E-state index in [1.165, 1.54) is 16.0 Å². The van der Waals surface area contributed by atoms with Crippen LogP contribution in [0.5, 0.6) is 0 Å². The highest BCUT2D eigenvalue weighted by atomic mass is 16.2. The Labute approximate surface area is 166 Å². The van der Waals surface area contributed by atoms with Crippen LogP contribution in [0, 0.1) is 0 Å². The van der Waals surface area contributed by atoms with Crippen molar-refractivity contribution in [1.29, 1.82) is 0 Å². The number of quaternary nitrogens is 1. The van der Waals surface area contributed by atoms with E-state index in [2.05, 4.69) is 29.2 Å². The summed E-state index contributed by atoms with van der Waals surface area (Å²) in [6.07, 6.45) is 0.960. The summed E-state index contributed by atoms with van der Waals surface area (Å²) in [6, 6.07) is 16.3. The fraction of sp³-hybridized carbons (Fsp3) is 0.391. The van der Waals surface area contributed by atoms with Crippen LogP contribution in [-0.4, -0.2) is 55.9 Å². The van der Waals surface area contributed by atoms with E-state index in [4.69, 9.17) is 0 Å². The van der Waals surface area contributed by atoms with Crippen LogP contribution in [0.15, 0.2) is 48.5 Å². The van der Waals surface area contributed by atoms with Gasteiger partial charge in [-0.25, -0.2) is 0 Å². The molecule has 1 saturated heterocycles. The number of carbonyl (C=O) groups is 2. The van der Waals surface area contributed by atoms with Gasteiger partial charge < -0.3 is 14.7 Å². The summed E-state index contributed by atoms with van der Waals surface area (Å²) >= 11 is 0. The number of Topliss-reactive ketones (excluding diaryl/α,β-unsaturated/α-hetero) is 1. The van der Waals surface area contributed by atoms with Gasteiger partial charge in [0.25, 0.3) is 5.91 Å². The second-order valence-corrected chi connectivity index (χ2v) is 7.85. The van der Waals surface area contributed by atoms with Gasteiger partial charge in [-0.15, -0.1) is 0 Å². The van der Waals surface area contributed by atoms with Gasteiger partial charge in [-0.2, -0.15) is 0 Å². The molecule has 5 nitrogen and oxygen atoms in total. The van der Waals surface area contributed by atoms with E-state index in [1.54, 1.807) is 6.92 Å². The monoisotopic (exact) mass is 378 g/mol. The first-order valence-corrected chi connectivity index (χ1v) is 10.1. The molecule has 0 radical (unpaired) electrons. The van der Waals surface area contributed by atoms with Crippen molar-refractivity contribution in [2.24, 2.45) is 0 Å². The number of benzene rings is 2. The Hall–Kier alpha value is -2.66. The van der Waals surface area contributed by atoms with Crippen molar-refractivity contribution in [1.82, 2.24) is 4.90 Å². The van der Waals surface area contributed by atoms with E-state index in [-0.39, 0.29) is 11.7 Å². The van der Waals surface area contributed by atoms with Crippen molar-refractivity contribution in [2.75, 3.05) is 44.2 Å². The van der Waals surface area contributed by atoms with Gasteiger partial charge in [0.05, 0.1) is 26.2 Å². The second kappa shape index (κ2) is 8.15. The lowest BCUT2D eigenvalue weighted by Crippen LogP contribution is -3.15. The lowest BCUT2D eigenvalue weighted by molar-refractivity contribution is -0.892. The van der Waals surface area contributed by atoms with Crippen molar-refractivity contribution in [3.8, 4) is 0 Å². The zero-order chi connectivity index (χ0) is 19.5. The number of amides is 1. The Bertz CT molecular complexity index is 854. The van der Waals surface area contributed by atoms with Crippen molar-refractivity contribution >= 4 is 17.4 Å². The van der Waals surface area contributed by atoms with Crippen LogP contribution in [0.25, 0.3) is 0 Å². The minimum absolute atomic E-state index is 0.0969. The van der Waals surface area contributed by atoms with Gasteiger partial charge in [-0.3, -0.25) is 9.59 Å². The number of hydrogen-bond acceptors (Lipinski definition) is 3. The minimum Gasteiger partial charge on any atom is -0.360 e. The van der Waals surface area contributed by atoms with Crippen molar-refractivity contribution in [3.63, 3.8) is 0 Å². The van der Waals surface area contributed by atoms with Crippen molar-refractivity contribution in [3.05, 3.63) is 65.2 Å². The number of rotatable bonds is 4. The normalized spacial score (nSPS) is 17.3. The predicted octanol–water partition coefficient (Wildman–Crippen LogP) is 1.18. The van der Waals surface area contributed by atoms with E-state index in [0.29, 0.717) is 6.54 Å². The highest BCUT2D eigenvalue weighted by Gasteiger charge is 2.26. The smallest absolute Gasteiger partial charge is 0.278 e. The molecule has 0 spiro atoms. The van der Waals surface area contributed by atoms with E-state index >= 15 is 0 Å². The second-order valence-electron chi connectivity index (χ2n) is 7.85. The summed E-state index contributed by atoms with van der Waals surface area (Å²) in [5, 5.41) is 0. The molecule has 2 aliphatic heterocycles. The van der Waals surface area contributed by atoms with Gasteiger partial charge in [0.2, 0.25) is 0 Å². The Morgan fingerprint density at radius 3 is 2.29 bits per heavy atom. The molecule has 1 fully saturated rings. The standard InChI is InChI=1S/C23H27N3O2/c1-18(27)19-6-8-22(9-7-19)25-14-12-24(13-15-25)17-23(28)26-11-10-20-4-2-3-5-21(20)16-26/h2-9H,10-17H2,1H3/p+1. The molecule has 2 heterocycles. The molecule has 1 N–H and O–H groups in total. The van der Waals surface area contributed by atoms with Crippen LogP contribution < -0.4 is 9.80 Å². The van der Waals surface area contributed by atoms with Gasteiger partial charge in [-0.05, 0) is 48.7 Å². The number of carbonyl (C=O) groups excluding carboxylic acids is 2. The highest BCUT2D eigenvalue weighted by Crippen LogP contribution is 2.18. The molecule has 0 aromatic heterocycles. The van der Waals surface area contributed by atoms with Gasteiger partial charge >= 0.3 is 0 Å². The van der Waals surface area contributed by atoms with Crippen molar-refractivity contribution < 1.29 is 14.5 Å². The summed E-state index contributed by atoms with van der Waals surface area (Å²) in [6.45, 7) is 7.55. The molecule has 0 unspecified atom stereocenters. The molecule has 2 aromatic rings. The number of piperazine rings is 1. The van der Waals surface area contributed by atoms with Crippen LogP contribution in [0.3, 0.4) is 0 Å². The molecule has 0 saturated carbocycles. The Kier molecular flexibility index (Phi) is 5.44. The fourth-order valence-electron chi connectivity index (χ4n) is 4.20. The topological polar surface area (TPSA) is 45.1 Å². The van der Waals surface area contributed by atoms with E-state index in [0.717, 1.165) is 56.9 Å². The van der Waals surface area contributed by atoms with Crippen LogP contribution in [0.2, 0.25) is 0 Å². The third-order valence-corrected chi connectivity index (χ3v) is 5.99. The van der Waals surface area contributed by atoms with Gasteiger partial charge in [0, 0.05) is 24.3 Å². The number of anilines is 1. The first-order valence-electron chi connectivity index (χ1n) is 10.1.